The van der Waals surface area contributed by atoms with Crippen molar-refractivity contribution in [2.75, 3.05) is 0 Å². The fourth-order valence-electron chi connectivity index (χ4n) is 10.4. The maximum absolute atomic E-state index is 4.89. The van der Waals surface area contributed by atoms with Gasteiger partial charge in [0.2, 0.25) is 0 Å². The molecule has 0 aliphatic carbocycles. The molecule has 13 rings (SSSR count). The van der Waals surface area contributed by atoms with Crippen molar-refractivity contribution in [2.24, 2.45) is 0 Å². The molecule has 78 heavy (non-hydrogen) atoms. The van der Waals surface area contributed by atoms with Gasteiger partial charge in [0.1, 0.15) is 0 Å². The van der Waals surface area contributed by atoms with Crippen molar-refractivity contribution in [2.45, 2.75) is 0 Å². The first kappa shape index (κ1) is 47.2. The van der Waals surface area contributed by atoms with Gasteiger partial charge in [0.25, 0.3) is 0 Å². The number of benzene rings is 8. The second kappa shape index (κ2) is 21.4. The number of hydrogen-bond acceptors (Lipinski definition) is 5. The van der Waals surface area contributed by atoms with Crippen molar-refractivity contribution in [1.29, 1.82) is 0 Å². The van der Waals surface area contributed by atoms with Crippen molar-refractivity contribution in [3.63, 3.8) is 0 Å². The molecule has 366 valence electrons. The molecule has 5 heterocycles. The molecule has 0 aliphatic rings. The van der Waals surface area contributed by atoms with Crippen LogP contribution in [0.4, 0.5) is 0 Å². The molecule has 13 aromatic rings. The van der Waals surface area contributed by atoms with Crippen molar-refractivity contribution >= 4 is 0 Å². The van der Waals surface area contributed by atoms with E-state index in [-0.39, 0.29) is 0 Å². The van der Waals surface area contributed by atoms with Gasteiger partial charge in [0, 0.05) is 101 Å². The van der Waals surface area contributed by atoms with Crippen LogP contribution in [0.15, 0.2) is 299 Å². The zero-order valence-electron chi connectivity index (χ0n) is 42.5. The minimum Gasteiger partial charge on any atom is -0.264 e. The predicted molar refractivity (Wildman–Crippen MR) is 321 cm³/mol. The molecular formula is C73H49N5. The van der Waals surface area contributed by atoms with E-state index in [0.29, 0.717) is 0 Å². The van der Waals surface area contributed by atoms with Gasteiger partial charge in [0.15, 0.2) is 0 Å². The van der Waals surface area contributed by atoms with Crippen LogP contribution in [0.3, 0.4) is 0 Å². The normalized spacial score (nSPS) is 11.1. The molecule has 5 aromatic heterocycles. The summed E-state index contributed by atoms with van der Waals surface area (Å²) in [5.74, 6) is 0. The highest BCUT2D eigenvalue weighted by Crippen LogP contribution is 2.40. The summed E-state index contributed by atoms with van der Waals surface area (Å²) in [7, 11) is 0. The zero-order chi connectivity index (χ0) is 52.0. The molecule has 0 atom stereocenters. The molecule has 0 fully saturated rings. The molecule has 0 spiro atoms. The lowest BCUT2D eigenvalue weighted by molar-refractivity contribution is 1.32. The zero-order valence-corrected chi connectivity index (χ0v) is 42.5. The Hall–Kier alpha value is -10.5. The van der Waals surface area contributed by atoms with Gasteiger partial charge in [0.05, 0.1) is 0 Å². The molecule has 5 heteroatoms. The van der Waals surface area contributed by atoms with Gasteiger partial charge in [-0.2, -0.15) is 0 Å². The molecule has 0 amide bonds. The van der Waals surface area contributed by atoms with Crippen LogP contribution in [0.1, 0.15) is 0 Å². The third-order valence-electron chi connectivity index (χ3n) is 14.4. The highest BCUT2D eigenvalue weighted by molar-refractivity contribution is 5.88. The lowest BCUT2D eigenvalue weighted by atomic mass is 9.90. The van der Waals surface area contributed by atoms with E-state index in [9.17, 15) is 0 Å². The number of rotatable bonds is 12. The number of pyridine rings is 5. The predicted octanol–water partition coefficient (Wildman–Crippen LogP) is 18.7. The number of nitrogens with zero attached hydrogens (tertiary/aromatic N) is 5. The Labute approximate surface area is 454 Å². The molecule has 0 aliphatic heterocycles. The van der Waals surface area contributed by atoms with Gasteiger partial charge < -0.3 is 0 Å². The van der Waals surface area contributed by atoms with Crippen LogP contribution in [-0.4, -0.2) is 24.9 Å². The van der Waals surface area contributed by atoms with Crippen LogP contribution in [-0.2, 0) is 0 Å². The van der Waals surface area contributed by atoms with Gasteiger partial charge in [-0.1, -0.05) is 140 Å². The largest absolute Gasteiger partial charge is 0.264 e. The molecule has 0 radical (unpaired) electrons. The first-order chi connectivity index (χ1) is 38.6. The number of aromatic nitrogens is 5. The average Bonchev–Trinajstić information content (AvgIpc) is 3.56. The standard InChI is InChI=1S/C73H49N5/c1-2-12-50(13-3-1)51-14-4-18-55(30-51)64-35-65(56-19-5-15-52(31-56)61-24-9-27-74-43-61)38-68(37-64)72-41-70(46-77-48-72)59-22-8-23-60(34-59)71-42-73(49-78-47-71)69-39-66(57-20-6-16-53(32-57)62-25-10-28-75-44-62)36-67(40-69)58-21-7-17-54(33-58)63-26-11-29-76-45-63/h1-49H. The molecule has 0 saturated carbocycles. The summed E-state index contributed by atoms with van der Waals surface area (Å²) in [4.78, 5) is 23.0. The summed E-state index contributed by atoms with van der Waals surface area (Å²) in [6, 6.07) is 84.7. The second-order valence-corrected chi connectivity index (χ2v) is 19.5. The summed E-state index contributed by atoms with van der Waals surface area (Å²) >= 11 is 0. The second-order valence-electron chi connectivity index (χ2n) is 19.5. The third-order valence-corrected chi connectivity index (χ3v) is 14.4. The van der Waals surface area contributed by atoms with E-state index in [1.54, 1.807) is 0 Å². The lowest BCUT2D eigenvalue weighted by Gasteiger charge is -2.14. The monoisotopic (exact) mass is 995 g/mol. The van der Waals surface area contributed by atoms with Crippen LogP contribution >= 0.6 is 0 Å². The minimum atomic E-state index is 1.02. The van der Waals surface area contributed by atoms with E-state index in [0.717, 1.165) is 122 Å². The Morgan fingerprint density at radius 1 is 0.128 bits per heavy atom. The average molecular weight is 996 g/mol. The van der Waals surface area contributed by atoms with Gasteiger partial charge in [-0.15, -0.1) is 0 Å². The Kier molecular flexibility index (Phi) is 13.0. The molecule has 0 saturated heterocycles. The first-order valence-electron chi connectivity index (χ1n) is 26.1. The van der Waals surface area contributed by atoms with E-state index in [4.69, 9.17) is 9.97 Å². The molecular weight excluding hydrogens is 947 g/mol. The highest BCUT2D eigenvalue weighted by atomic mass is 14.6. The van der Waals surface area contributed by atoms with Crippen LogP contribution in [0, 0.1) is 0 Å². The number of hydrogen-bond donors (Lipinski definition) is 0. The summed E-state index contributed by atoms with van der Waals surface area (Å²) in [5, 5.41) is 0. The SMILES string of the molecule is c1ccc(-c2cccc(-c3cc(-c4cccc(-c5cccnc5)c4)cc(-c4cncc(-c5cccc(-c6cncc(-c7cc(-c8cccc(-c9cccnc9)c8)cc(-c8cccc(-c9cccnc9)c8)c7)c6)c5)c4)c3)c2)cc1. The Bertz CT molecular complexity index is 3780. The van der Waals surface area contributed by atoms with Crippen LogP contribution < -0.4 is 0 Å². The molecule has 0 unspecified atom stereocenters. The smallest absolute Gasteiger partial charge is 0.0346 e. The van der Waals surface area contributed by atoms with E-state index in [1.165, 1.54) is 11.1 Å². The van der Waals surface area contributed by atoms with Crippen molar-refractivity contribution in [3.8, 4) is 134 Å². The van der Waals surface area contributed by atoms with Gasteiger partial charge in [-0.25, -0.2) is 0 Å². The van der Waals surface area contributed by atoms with E-state index >= 15 is 0 Å². The van der Waals surface area contributed by atoms with Gasteiger partial charge in [-0.05, 0) is 192 Å². The Balaban J connectivity index is 0.867. The molecule has 0 bridgehead atoms. The van der Waals surface area contributed by atoms with Crippen molar-refractivity contribution in [3.05, 3.63) is 299 Å². The third kappa shape index (κ3) is 10.2. The maximum Gasteiger partial charge on any atom is 0.0346 e. The van der Waals surface area contributed by atoms with Crippen molar-refractivity contribution < 1.29 is 0 Å². The topological polar surface area (TPSA) is 64.5 Å². The Morgan fingerprint density at radius 3 is 0.615 bits per heavy atom. The van der Waals surface area contributed by atoms with E-state index in [2.05, 4.69) is 233 Å². The van der Waals surface area contributed by atoms with E-state index in [1.807, 2.05) is 80.2 Å². The Morgan fingerprint density at radius 2 is 0.321 bits per heavy atom. The van der Waals surface area contributed by atoms with Crippen LogP contribution in [0.5, 0.6) is 0 Å². The molecule has 5 nitrogen and oxygen atoms in total. The maximum atomic E-state index is 4.89. The summed E-state index contributed by atoms with van der Waals surface area (Å²) in [6.45, 7) is 0. The summed E-state index contributed by atoms with van der Waals surface area (Å²) < 4.78 is 0. The highest BCUT2D eigenvalue weighted by Gasteiger charge is 2.15. The lowest BCUT2D eigenvalue weighted by Crippen LogP contribution is -1.90. The van der Waals surface area contributed by atoms with Crippen LogP contribution in [0.25, 0.3) is 134 Å². The summed E-state index contributed by atoms with van der Waals surface area (Å²) in [6.07, 6.45) is 19.0. The molecule has 8 aromatic carbocycles. The fourth-order valence-corrected chi connectivity index (χ4v) is 10.4. The summed E-state index contributed by atoms with van der Waals surface area (Å²) in [5.41, 5.74) is 26.3. The quantitative estimate of drug-likeness (QED) is 0.122. The van der Waals surface area contributed by atoms with Crippen molar-refractivity contribution in [1.82, 2.24) is 24.9 Å². The minimum absolute atomic E-state index is 1.02. The van der Waals surface area contributed by atoms with Gasteiger partial charge >= 0.3 is 0 Å². The fraction of sp³-hybridized carbons (Fsp3) is 0. The van der Waals surface area contributed by atoms with E-state index < -0.39 is 0 Å². The first-order valence-corrected chi connectivity index (χ1v) is 26.1. The van der Waals surface area contributed by atoms with Crippen LogP contribution in [0.2, 0.25) is 0 Å². The molecule has 0 N–H and O–H groups in total. The van der Waals surface area contributed by atoms with Gasteiger partial charge in [-0.3, -0.25) is 24.9 Å².